The number of unbranched alkanes of at least 4 members (excludes halogenated alkanes) is 5. The van der Waals surface area contributed by atoms with Crippen molar-refractivity contribution in [3.05, 3.63) is 76.7 Å². The van der Waals surface area contributed by atoms with Crippen molar-refractivity contribution in [2.45, 2.75) is 58.3 Å². The zero-order chi connectivity index (χ0) is 18.9. The molecule has 142 valence electrons. The van der Waals surface area contributed by atoms with Gasteiger partial charge in [-0.15, -0.1) is 0 Å². The van der Waals surface area contributed by atoms with Crippen LogP contribution in [-0.2, 0) is 12.8 Å². The molecule has 27 heavy (non-hydrogen) atoms. The highest BCUT2D eigenvalue weighted by Gasteiger charge is 2.05. The number of rotatable bonds is 10. The second kappa shape index (κ2) is 10.3. The number of hydrogen-bond donors (Lipinski definition) is 1. The molecule has 0 aliphatic carbocycles. The molecule has 0 saturated carbocycles. The largest absolute Gasteiger partial charge is 0.342 e. The lowest BCUT2D eigenvalue weighted by Crippen LogP contribution is -1.90. The number of aromatic amines is 1. The molecule has 1 N–H and O–H groups in total. The molecule has 0 bridgehead atoms. The number of nitrogens with one attached hydrogen (secondary N) is 1. The van der Waals surface area contributed by atoms with E-state index < -0.39 is 0 Å². The highest BCUT2D eigenvalue weighted by molar-refractivity contribution is 6.30. The molecule has 0 radical (unpaired) electrons. The zero-order valence-corrected chi connectivity index (χ0v) is 16.9. The first-order chi connectivity index (χ1) is 13.2. The minimum atomic E-state index is 0.764. The Balaban J connectivity index is 1.51. The van der Waals surface area contributed by atoms with Gasteiger partial charge in [0.05, 0.1) is 11.9 Å². The summed E-state index contributed by atoms with van der Waals surface area (Å²) in [6, 6.07) is 16.8. The average molecular weight is 381 g/mol. The molecule has 3 rings (SSSR count). The summed E-state index contributed by atoms with van der Waals surface area (Å²) in [5, 5.41) is 0.764. The minimum absolute atomic E-state index is 0.764. The van der Waals surface area contributed by atoms with E-state index >= 15 is 0 Å². The molecule has 2 aromatic carbocycles. The predicted molar refractivity (Wildman–Crippen MR) is 115 cm³/mol. The fraction of sp³-hybridized carbons (Fsp3) is 0.375. The Labute approximate surface area is 168 Å². The van der Waals surface area contributed by atoms with Gasteiger partial charge in [0.15, 0.2) is 0 Å². The molecule has 0 aliphatic rings. The van der Waals surface area contributed by atoms with E-state index in [-0.39, 0.29) is 0 Å². The number of hydrogen-bond acceptors (Lipinski definition) is 1. The van der Waals surface area contributed by atoms with Gasteiger partial charge in [0.2, 0.25) is 0 Å². The van der Waals surface area contributed by atoms with Gasteiger partial charge in [-0.1, -0.05) is 87.0 Å². The van der Waals surface area contributed by atoms with E-state index in [1.807, 2.05) is 30.5 Å². The maximum atomic E-state index is 5.95. The quantitative estimate of drug-likeness (QED) is 0.369. The summed E-state index contributed by atoms with van der Waals surface area (Å²) < 4.78 is 0. The predicted octanol–water partition coefficient (Wildman–Crippen LogP) is 7.22. The first kappa shape index (κ1) is 19.7. The fourth-order valence-electron chi connectivity index (χ4n) is 3.36. The third-order valence-corrected chi connectivity index (χ3v) is 5.25. The van der Waals surface area contributed by atoms with Crippen molar-refractivity contribution in [3.8, 4) is 11.3 Å². The van der Waals surface area contributed by atoms with Crippen molar-refractivity contribution < 1.29 is 0 Å². The third kappa shape index (κ3) is 6.25. The molecule has 1 heterocycles. The van der Waals surface area contributed by atoms with Crippen molar-refractivity contribution >= 4 is 11.6 Å². The Bertz CT molecular complexity index is 803. The van der Waals surface area contributed by atoms with Crippen LogP contribution in [0.15, 0.2) is 54.7 Å². The van der Waals surface area contributed by atoms with Crippen LogP contribution in [-0.4, -0.2) is 9.97 Å². The van der Waals surface area contributed by atoms with Gasteiger partial charge < -0.3 is 4.98 Å². The van der Waals surface area contributed by atoms with Crippen molar-refractivity contribution in [1.29, 1.82) is 0 Å². The second-order valence-corrected chi connectivity index (χ2v) is 7.70. The number of aryl methyl sites for hydroxylation is 1. The molecule has 0 atom stereocenters. The van der Waals surface area contributed by atoms with Crippen LogP contribution in [0, 0.1) is 0 Å². The van der Waals surface area contributed by atoms with Crippen LogP contribution in [0.3, 0.4) is 0 Å². The third-order valence-electron chi connectivity index (χ3n) is 5.00. The van der Waals surface area contributed by atoms with E-state index in [0.29, 0.717) is 0 Å². The Morgan fingerprint density at radius 3 is 2.22 bits per heavy atom. The lowest BCUT2D eigenvalue weighted by molar-refractivity contribution is 0.607. The monoisotopic (exact) mass is 380 g/mol. The smallest absolute Gasteiger partial charge is 0.110 e. The van der Waals surface area contributed by atoms with Crippen LogP contribution in [0.5, 0.6) is 0 Å². The maximum absolute atomic E-state index is 5.95. The molecule has 0 fully saturated rings. The number of H-pyrrole nitrogens is 1. The molecule has 3 aromatic rings. The van der Waals surface area contributed by atoms with Crippen LogP contribution in [0.25, 0.3) is 11.3 Å². The van der Waals surface area contributed by atoms with Crippen LogP contribution >= 0.6 is 11.6 Å². The molecular formula is C24H29ClN2. The van der Waals surface area contributed by atoms with Crippen LogP contribution in [0.1, 0.15) is 62.4 Å². The lowest BCUT2D eigenvalue weighted by atomic mass is 10.0. The van der Waals surface area contributed by atoms with E-state index in [4.69, 9.17) is 11.6 Å². The summed E-state index contributed by atoms with van der Waals surface area (Å²) in [7, 11) is 0. The first-order valence-corrected chi connectivity index (χ1v) is 10.5. The molecule has 0 amide bonds. The van der Waals surface area contributed by atoms with Crippen LogP contribution in [0.2, 0.25) is 5.02 Å². The van der Waals surface area contributed by atoms with E-state index in [0.717, 1.165) is 23.0 Å². The molecule has 0 spiro atoms. The van der Waals surface area contributed by atoms with E-state index in [2.05, 4.69) is 41.2 Å². The standard InChI is InChI=1S/C24H29ClN2/c1-2-3-4-5-6-7-8-19-9-13-21(14-10-19)23-18-26-24(27-23)17-20-11-15-22(25)16-12-20/h9-16,18H,2-8,17H2,1H3,(H,26,27). The van der Waals surface area contributed by atoms with Gasteiger partial charge in [0, 0.05) is 11.4 Å². The molecule has 1 aromatic heterocycles. The summed E-state index contributed by atoms with van der Waals surface area (Å²) in [5.41, 5.74) is 4.89. The van der Waals surface area contributed by atoms with Crippen molar-refractivity contribution in [2.24, 2.45) is 0 Å². The fourth-order valence-corrected chi connectivity index (χ4v) is 3.48. The Hall–Kier alpha value is -2.06. The molecule has 3 heteroatoms. The van der Waals surface area contributed by atoms with Gasteiger partial charge in [0.25, 0.3) is 0 Å². The number of halogens is 1. The molecule has 2 nitrogen and oxygen atoms in total. The van der Waals surface area contributed by atoms with Gasteiger partial charge in [0.1, 0.15) is 5.82 Å². The number of nitrogens with zero attached hydrogens (tertiary/aromatic N) is 1. The SMILES string of the molecule is CCCCCCCCc1ccc(-c2cnc(Cc3ccc(Cl)cc3)[nH]2)cc1. The second-order valence-electron chi connectivity index (χ2n) is 7.26. The maximum Gasteiger partial charge on any atom is 0.110 e. The van der Waals surface area contributed by atoms with Crippen molar-refractivity contribution in [2.75, 3.05) is 0 Å². The summed E-state index contributed by atoms with van der Waals surface area (Å²) in [6.45, 7) is 2.27. The van der Waals surface area contributed by atoms with Gasteiger partial charge in [-0.05, 0) is 41.7 Å². The number of benzene rings is 2. The number of imidazole rings is 1. The zero-order valence-electron chi connectivity index (χ0n) is 16.2. The van der Waals surface area contributed by atoms with Crippen LogP contribution in [0.4, 0.5) is 0 Å². The van der Waals surface area contributed by atoms with E-state index in [1.165, 1.54) is 61.6 Å². The Morgan fingerprint density at radius 2 is 1.48 bits per heavy atom. The summed E-state index contributed by atoms with van der Waals surface area (Å²) in [5.74, 6) is 0.975. The van der Waals surface area contributed by atoms with Crippen molar-refractivity contribution in [1.82, 2.24) is 9.97 Å². The number of aromatic nitrogens is 2. The highest BCUT2D eigenvalue weighted by atomic mass is 35.5. The van der Waals surface area contributed by atoms with Crippen LogP contribution < -0.4 is 0 Å². The Morgan fingerprint density at radius 1 is 0.815 bits per heavy atom. The molecule has 0 unspecified atom stereocenters. The topological polar surface area (TPSA) is 28.7 Å². The highest BCUT2D eigenvalue weighted by Crippen LogP contribution is 2.20. The summed E-state index contributed by atoms with van der Waals surface area (Å²) >= 11 is 5.95. The van der Waals surface area contributed by atoms with Gasteiger partial charge >= 0.3 is 0 Å². The first-order valence-electron chi connectivity index (χ1n) is 10.1. The lowest BCUT2D eigenvalue weighted by Gasteiger charge is -2.04. The summed E-state index contributed by atoms with van der Waals surface area (Å²) in [4.78, 5) is 7.97. The molecule has 0 saturated heterocycles. The molecule has 0 aliphatic heterocycles. The van der Waals surface area contributed by atoms with Gasteiger partial charge in [-0.2, -0.15) is 0 Å². The minimum Gasteiger partial charge on any atom is -0.342 e. The molecular weight excluding hydrogens is 352 g/mol. The van der Waals surface area contributed by atoms with E-state index in [9.17, 15) is 0 Å². The Kier molecular flexibility index (Phi) is 7.53. The average Bonchev–Trinajstić information content (AvgIpc) is 3.15. The van der Waals surface area contributed by atoms with Gasteiger partial charge in [-0.25, -0.2) is 4.98 Å². The van der Waals surface area contributed by atoms with Gasteiger partial charge in [-0.3, -0.25) is 0 Å². The van der Waals surface area contributed by atoms with E-state index in [1.54, 1.807) is 0 Å². The normalized spacial score (nSPS) is 11.0. The van der Waals surface area contributed by atoms with Crippen molar-refractivity contribution in [3.63, 3.8) is 0 Å². The summed E-state index contributed by atoms with van der Waals surface area (Å²) in [6.07, 6.45) is 12.0.